The van der Waals surface area contributed by atoms with Gasteiger partial charge in [-0.15, -0.1) is 0 Å². The lowest BCUT2D eigenvalue weighted by Gasteiger charge is -2.40. The van der Waals surface area contributed by atoms with E-state index in [1.54, 1.807) is 6.92 Å². The Hall–Kier alpha value is -2.75. The van der Waals surface area contributed by atoms with Gasteiger partial charge in [0.05, 0.1) is 18.3 Å². The maximum atomic E-state index is 12.9. The number of carbonyl (C=O) groups is 2. The summed E-state index contributed by atoms with van der Waals surface area (Å²) in [5.41, 5.74) is 1.73. The molecule has 0 aromatic carbocycles. The Morgan fingerprint density at radius 2 is 1.88 bits per heavy atom. The van der Waals surface area contributed by atoms with Crippen molar-refractivity contribution in [3.05, 3.63) is 28.7 Å². The van der Waals surface area contributed by atoms with Gasteiger partial charge < -0.3 is 19.3 Å². The normalized spacial score (nSPS) is 20.7. The predicted octanol–water partition coefficient (Wildman–Crippen LogP) is 2.31. The van der Waals surface area contributed by atoms with E-state index in [1.165, 1.54) is 0 Å². The summed E-state index contributed by atoms with van der Waals surface area (Å²) in [5.74, 6) is 2.02. The van der Waals surface area contributed by atoms with Crippen LogP contribution in [0.1, 0.15) is 67.9 Å². The fourth-order valence-electron chi connectivity index (χ4n) is 5.11. The molecule has 1 spiro atoms. The molecule has 10 heteroatoms. The van der Waals surface area contributed by atoms with Crippen molar-refractivity contribution in [2.24, 2.45) is 11.3 Å². The van der Waals surface area contributed by atoms with Crippen molar-refractivity contribution < 1.29 is 18.6 Å². The molecule has 0 bridgehead atoms. The number of aromatic nitrogens is 3. The molecule has 33 heavy (non-hydrogen) atoms. The van der Waals surface area contributed by atoms with Crippen molar-refractivity contribution >= 4 is 11.8 Å². The highest BCUT2D eigenvalue weighted by Crippen LogP contribution is 2.48. The molecule has 2 aromatic heterocycles. The van der Waals surface area contributed by atoms with Crippen molar-refractivity contribution in [1.29, 1.82) is 0 Å². The molecule has 4 heterocycles. The van der Waals surface area contributed by atoms with Gasteiger partial charge in [0.25, 0.3) is 0 Å². The highest BCUT2D eigenvalue weighted by Gasteiger charge is 2.48. The summed E-state index contributed by atoms with van der Waals surface area (Å²) in [5, 5.41) is 10.9. The second-order valence-electron chi connectivity index (χ2n) is 9.86. The van der Waals surface area contributed by atoms with Crippen LogP contribution in [-0.4, -0.2) is 63.1 Å². The van der Waals surface area contributed by atoms with Crippen molar-refractivity contribution in [1.82, 2.24) is 30.4 Å². The molecule has 1 unspecified atom stereocenters. The third-order valence-corrected chi connectivity index (χ3v) is 7.05. The summed E-state index contributed by atoms with van der Waals surface area (Å²) in [7, 11) is 0. The average Bonchev–Trinajstić information content (AvgIpc) is 3.44. The second-order valence-corrected chi connectivity index (χ2v) is 9.86. The van der Waals surface area contributed by atoms with Gasteiger partial charge in [-0.05, 0) is 45.4 Å². The van der Waals surface area contributed by atoms with E-state index >= 15 is 0 Å². The second kappa shape index (κ2) is 9.24. The molecule has 2 amide bonds. The number of amides is 2. The zero-order chi connectivity index (χ0) is 23.8. The summed E-state index contributed by atoms with van der Waals surface area (Å²) in [4.78, 5) is 33.9. The first-order chi connectivity index (χ1) is 15.7. The monoisotopic (exact) mass is 458 g/mol. The summed E-state index contributed by atoms with van der Waals surface area (Å²) < 4.78 is 10.7. The van der Waals surface area contributed by atoms with Gasteiger partial charge in [-0.1, -0.05) is 24.2 Å². The Morgan fingerprint density at radius 1 is 1.15 bits per heavy atom. The molecule has 1 N–H and O–H groups in total. The number of hydrogen-bond donors (Lipinski definition) is 1. The van der Waals surface area contributed by atoms with Crippen LogP contribution in [0, 0.1) is 32.1 Å². The van der Waals surface area contributed by atoms with Crippen LogP contribution in [0.4, 0.5) is 0 Å². The molecular weight excluding hydrogens is 424 g/mol. The van der Waals surface area contributed by atoms with Gasteiger partial charge in [0, 0.05) is 37.7 Å². The van der Waals surface area contributed by atoms with Crippen LogP contribution in [-0.2, 0) is 16.1 Å². The van der Waals surface area contributed by atoms with E-state index < -0.39 is 0 Å². The predicted molar refractivity (Wildman–Crippen MR) is 119 cm³/mol. The first kappa shape index (κ1) is 23.4. The maximum Gasteiger partial charge on any atom is 0.244 e. The SMILES string of the molecule is Cc1noc(C2CC3(CCN(C(=O)C(C)C)CC3)CN2CC(=O)NCc2c(C)noc2C)n1. The number of hydrogen-bond acceptors (Lipinski definition) is 8. The van der Waals surface area contributed by atoms with Gasteiger partial charge in [0.2, 0.25) is 17.7 Å². The molecule has 2 aliphatic rings. The summed E-state index contributed by atoms with van der Waals surface area (Å²) >= 11 is 0. The van der Waals surface area contributed by atoms with Gasteiger partial charge >= 0.3 is 0 Å². The lowest BCUT2D eigenvalue weighted by atomic mass is 9.76. The maximum absolute atomic E-state index is 12.9. The Kier molecular flexibility index (Phi) is 6.56. The van der Waals surface area contributed by atoms with Gasteiger partial charge in [0.1, 0.15) is 5.76 Å². The van der Waals surface area contributed by atoms with Crippen LogP contribution in [0.2, 0.25) is 0 Å². The van der Waals surface area contributed by atoms with Crippen LogP contribution in [0.5, 0.6) is 0 Å². The van der Waals surface area contributed by atoms with Crippen molar-refractivity contribution in [2.75, 3.05) is 26.2 Å². The minimum atomic E-state index is -0.108. The van der Waals surface area contributed by atoms with Gasteiger partial charge in [-0.2, -0.15) is 4.98 Å². The molecule has 4 rings (SSSR count). The number of aryl methyl sites for hydroxylation is 3. The number of carbonyl (C=O) groups excluding carboxylic acids is 2. The largest absolute Gasteiger partial charge is 0.361 e. The number of likely N-dealkylation sites (tertiary alicyclic amines) is 2. The van der Waals surface area contributed by atoms with Gasteiger partial charge in [-0.3, -0.25) is 14.5 Å². The molecule has 180 valence electrons. The van der Waals surface area contributed by atoms with E-state index in [0.717, 1.165) is 55.9 Å². The van der Waals surface area contributed by atoms with Crippen LogP contribution >= 0.6 is 0 Å². The zero-order valence-electron chi connectivity index (χ0n) is 20.2. The first-order valence-electron chi connectivity index (χ1n) is 11.7. The first-order valence-corrected chi connectivity index (χ1v) is 11.7. The smallest absolute Gasteiger partial charge is 0.244 e. The number of piperidine rings is 1. The third-order valence-electron chi connectivity index (χ3n) is 7.05. The van der Waals surface area contributed by atoms with Crippen LogP contribution < -0.4 is 5.32 Å². The molecule has 2 saturated heterocycles. The van der Waals surface area contributed by atoms with E-state index in [2.05, 4.69) is 25.5 Å². The van der Waals surface area contributed by atoms with Crippen molar-refractivity contribution in [2.45, 2.75) is 66.5 Å². The van der Waals surface area contributed by atoms with Gasteiger partial charge in [0.15, 0.2) is 5.82 Å². The number of nitrogens with one attached hydrogen (secondary N) is 1. The lowest BCUT2D eigenvalue weighted by Crippen LogP contribution is -2.46. The van der Waals surface area contributed by atoms with Crippen molar-refractivity contribution in [3.63, 3.8) is 0 Å². The highest BCUT2D eigenvalue weighted by molar-refractivity contribution is 5.78. The van der Waals surface area contributed by atoms with Gasteiger partial charge in [-0.25, -0.2) is 0 Å². The van der Waals surface area contributed by atoms with Crippen molar-refractivity contribution in [3.8, 4) is 0 Å². The molecule has 10 nitrogen and oxygen atoms in total. The molecule has 1 atom stereocenters. The third kappa shape index (κ3) is 4.95. The Morgan fingerprint density at radius 3 is 2.45 bits per heavy atom. The minimum Gasteiger partial charge on any atom is -0.361 e. The Bertz CT molecular complexity index is 985. The van der Waals surface area contributed by atoms with E-state index in [4.69, 9.17) is 9.05 Å². The fourth-order valence-corrected chi connectivity index (χ4v) is 5.11. The molecule has 0 radical (unpaired) electrons. The average molecular weight is 459 g/mol. The van der Waals surface area contributed by atoms with E-state index in [9.17, 15) is 9.59 Å². The molecule has 2 aliphatic heterocycles. The van der Waals surface area contributed by atoms with Crippen LogP contribution in [0.15, 0.2) is 9.05 Å². The molecule has 0 aliphatic carbocycles. The molecular formula is C23H34N6O4. The van der Waals surface area contributed by atoms with Crippen LogP contribution in [0.3, 0.4) is 0 Å². The lowest BCUT2D eigenvalue weighted by molar-refractivity contribution is -0.136. The summed E-state index contributed by atoms with van der Waals surface area (Å²) in [6.07, 6.45) is 2.66. The standard InChI is InChI=1S/C23H34N6O4/c1-14(2)22(31)28-8-6-23(7-9-28)10-19(21-25-17(5)27-33-21)29(13-23)12-20(30)24-11-18-15(3)26-32-16(18)4/h14,19H,6-13H2,1-5H3,(H,24,30). The summed E-state index contributed by atoms with van der Waals surface area (Å²) in [6.45, 7) is 12.3. The molecule has 2 fully saturated rings. The van der Waals surface area contributed by atoms with Crippen LogP contribution in [0.25, 0.3) is 0 Å². The van der Waals surface area contributed by atoms with E-state index in [-0.39, 0.29) is 35.7 Å². The quantitative estimate of drug-likeness (QED) is 0.701. The molecule has 2 aromatic rings. The summed E-state index contributed by atoms with van der Waals surface area (Å²) in [6, 6.07) is -0.108. The molecule has 0 saturated carbocycles. The highest BCUT2D eigenvalue weighted by atomic mass is 16.5. The van der Waals surface area contributed by atoms with E-state index in [0.29, 0.717) is 18.3 Å². The van der Waals surface area contributed by atoms with E-state index in [1.807, 2.05) is 32.6 Å². The zero-order valence-corrected chi connectivity index (χ0v) is 20.2. The Labute approximate surface area is 194 Å². The topological polar surface area (TPSA) is 118 Å². The Balaban J connectivity index is 1.44. The minimum absolute atomic E-state index is 0.00893. The number of rotatable bonds is 6. The fraction of sp³-hybridized carbons (Fsp3) is 0.696. The number of nitrogens with zero attached hydrogens (tertiary/aromatic N) is 5.